The highest BCUT2D eigenvalue weighted by Gasteiger charge is 2.23. The maximum Gasteiger partial charge on any atom is 0.223 e. The molecule has 0 aliphatic heterocycles. The first-order chi connectivity index (χ1) is 8.75. The highest BCUT2D eigenvalue weighted by molar-refractivity contribution is 5.78. The van der Waals surface area contributed by atoms with Crippen LogP contribution in [0.3, 0.4) is 0 Å². The summed E-state index contributed by atoms with van der Waals surface area (Å²) in [7, 11) is 0. The molecule has 1 fully saturated rings. The molecule has 0 unspecified atom stereocenters. The summed E-state index contributed by atoms with van der Waals surface area (Å²) >= 11 is 0. The van der Waals surface area contributed by atoms with Crippen LogP contribution in [0, 0.1) is 5.92 Å². The normalized spacial score (nSPS) is 23.8. The second-order valence-corrected chi connectivity index (χ2v) is 4.94. The van der Waals surface area contributed by atoms with Crippen LogP contribution in [0.4, 0.5) is 0 Å². The van der Waals surface area contributed by atoms with Gasteiger partial charge in [0.25, 0.3) is 0 Å². The molecule has 2 rings (SSSR count). The minimum absolute atomic E-state index is 0.162. The summed E-state index contributed by atoms with van der Waals surface area (Å²) < 4.78 is 0. The van der Waals surface area contributed by atoms with Gasteiger partial charge in [0.05, 0.1) is 0 Å². The molecule has 1 aliphatic carbocycles. The number of rotatable bonds is 5. The molecule has 6 heteroatoms. The summed E-state index contributed by atoms with van der Waals surface area (Å²) in [5, 5.41) is 9.57. The van der Waals surface area contributed by atoms with Gasteiger partial charge in [-0.25, -0.2) is 4.98 Å². The molecule has 0 spiro atoms. The Morgan fingerprint density at radius 3 is 2.89 bits per heavy atom. The van der Waals surface area contributed by atoms with Gasteiger partial charge in [-0.3, -0.25) is 9.89 Å². The Balaban J connectivity index is 1.60. The van der Waals surface area contributed by atoms with E-state index in [0.29, 0.717) is 12.6 Å². The third-order valence-electron chi connectivity index (χ3n) is 3.50. The maximum absolute atomic E-state index is 11.9. The number of carbonyl (C=O) groups excluding carboxylic acids is 1. The molecule has 1 saturated carbocycles. The second-order valence-electron chi connectivity index (χ2n) is 4.94. The van der Waals surface area contributed by atoms with Crippen molar-refractivity contribution in [1.29, 1.82) is 0 Å². The molecular formula is C12H21N5O. The fraction of sp³-hybridized carbons (Fsp3) is 0.750. The van der Waals surface area contributed by atoms with Crippen LogP contribution in [0.1, 0.15) is 37.9 Å². The number of aryl methyl sites for hydroxylation is 1. The molecule has 0 aromatic carbocycles. The zero-order valence-electron chi connectivity index (χ0n) is 10.6. The summed E-state index contributed by atoms with van der Waals surface area (Å²) in [6.45, 7) is 0.697. The van der Waals surface area contributed by atoms with Gasteiger partial charge in [-0.2, -0.15) is 5.10 Å². The van der Waals surface area contributed by atoms with Crippen molar-refractivity contribution in [2.24, 2.45) is 11.7 Å². The highest BCUT2D eigenvalue weighted by atomic mass is 16.1. The van der Waals surface area contributed by atoms with Gasteiger partial charge >= 0.3 is 0 Å². The van der Waals surface area contributed by atoms with Crippen molar-refractivity contribution in [1.82, 2.24) is 20.5 Å². The number of hydrogen-bond donors (Lipinski definition) is 3. The van der Waals surface area contributed by atoms with E-state index < -0.39 is 0 Å². The molecule has 1 amide bonds. The fourth-order valence-electron chi connectivity index (χ4n) is 2.34. The van der Waals surface area contributed by atoms with Crippen molar-refractivity contribution in [2.45, 2.75) is 44.6 Å². The number of aromatic amines is 1. The van der Waals surface area contributed by atoms with E-state index in [2.05, 4.69) is 20.5 Å². The zero-order valence-corrected chi connectivity index (χ0v) is 10.6. The molecule has 0 radical (unpaired) electrons. The largest absolute Gasteiger partial charge is 0.356 e. The lowest BCUT2D eigenvalue weighted by Gasteiger charge is -2.25. The number of aromatic nitrogens is 3. The van der Waals surface area contributed by atoms with Crippen LogP contribution in [0.15, 0.2) is 6.33 Å². The minimum Gasteiger partial charge on any atom is -0.356 e. The van der Waals surface area contributed by atoms with E-state index in [1.54, 1.807) is 0 Å². The number of nitrogens with two attached hydrogens (primary N) is 1. The molecule has 4 N–H and O–H groups in total. The first kappa shape index (κ1) is 13.0. The maximum atomic E-state index is 11.9. The van der Waals surface area contributed by atoms with E-state index in [1.165, 1.54) is 6.33 Å². The smallest absolute Gasteiger partial charge is 0.223 e. The topological polar surface area (TPSA) is 96.7 Å². The standard InChI is InChI=1S/C12H21N5O/c13-10-5-3-9(4-6-10)12(18)14-7-1-2-11-15-8-16-17-11/h8-10H,1-7,13H2,(H,14,18)(H,15,16,17). The highest BCUT2D eigenvalue weighted by Crippen LogP contribution is 2.23. The van der Waals surface area contributed by atoms with Gasteiger partial charge in [-0.1, -0.05) is 0 Å². The lowest BCUT2D eigenvalue weighted by molar-refractivity contribution is -0.125. The summed E-state index contributed by atoms with van der Waals surface area (Å²) in [6.07, 6.45) is 6.98. The lowest BCUT2D eigenvalue weighted by atomic mass is 9.86. The molecule has 0 bridgehead atoms. The molecule has 1 aromatic rings. The monoisotopic (exact) mass is 251 g/mol. The van der Waals surface area contributed by atoms with E-state index >= 15 is 0 Å². The number of amides is 1. The zero-order chi connectivity index (χ0) is 12.8. The molecule has 0 atom stereocenters. The predicted octanol–water partition coefficient (Wildman–Crippen LogP) is 0.371. The Morgan fingerprint density at radius 1 is 1.44 bits per heavy atom. The van der Waals surface area contributed by atoms with Gasteiger partial charge in [0.2, 0.25) is 5.91 Å². The van der Waals surface area contributed by atoms with Crippen molar-refractivity contribution in [3.05, 3.63) is 12.2 Å². The molecule has 1 aliphatic rings. The number of H-pyrrole nitrogens is 1. The Bertz CT molecular complexity index is 357. The summed E-state index contributed by atoms with van der Waals surface area (Å²) in [4.78, 5) is 15.9. The van der Waals surface area contributed by atoms with E-state index in [-0.39, 0.29) is 11.8 Å². The Hall–Kier alpha value is -1.43. The average molecular weight is 251 g/mol. The third-order valence-corrected chi connectivity index (χ3v) is 3.50. The first-order valence-electron chi connectivity index (χ1n) is 6.63. The molecule has 100 valence electrons. The van der Waals surface area contributed by atoms with E-state index in [9.17, 15) is 4.79 Å². The van der Waals surface area contributed by atoms with Crippen molar-refractivity contribution >= 4 is 5.91 Å². The van der Waals surface area contributed by atoms with Gasteiger partial charge < -0.3 is 11.1 Å². The number of nitrogens with zero attached hydrogens (tertiary/aromatic N) is 2. The van der Waals surface area contributed by atoms with Gasteiger partial charge in [0.15, 0.2) is 0 Å². The Morgan fingerprint density at radius 2 is 2.22 bits per heavy atom. The van der Waals surface area contributed by atoms with Crippen LogP contribution >= 0.6 is 0 Å². The molecule has 0 saturated heterocycles. The predicted molar refractivity (Wildman–Crippen MR) is 67.6 cm³/mol. The van der Waals surface area contributed by atoms with Gasteiger partial charge in [0.1, 0.15) is 12.2 Å². The third kappa shape index (κ3) is 3.80. The van der Waals surface area contributed by atoms with Crippen molar-refractivity contribution < 1.29 is 4.79 Å². The Labute approximate surface area is 107 Å². The molecule has 1 aromatic heterocycles. The summed E-state index contributed by atoms with van der Waals surface area (Å²) in [5.41, 5.74) is 5.82. The number of nitrogens with one attached hydrogen (secondary N) is 2. The first-order valence-corrected chi connectivity index (χ1v) is 6.63. The fourth-order valence-corrected chi connectivity index (χ4v) is 2.34. The molecule has 6 nitrogen and oxygen atoms in total. The molecule has 18 heavy (non-hydrogen) atoms. The van der Waals surface area contributed by atoms with E-state index in [1.807, 2.05) is 0 Å². The SMILES string of the molecule is NC1CCC(C(=O)NCCCc2ncn[nH]2)CC1. The van der Waals surface area contributed by atoms with Crippen LogP contribution in [0.25, 0.3) is 0 Å². The quantitative estimate of drug-likeness (QED) is 0.659. The van der Waals surface area contributed by atoms with Gasteiger partial charge in [-0.05, 0) is 32.1 Å². The van der Waals surface area contributed by atoms with Crippen LogP contribution < -0.4 is 11.1 Å². The van der Waals surface area contributed by atoms with Crippen molar-refractivity contribution in [3.63, 3.8) is 0 Å². The van der Waals surface area contributed by atoms with Crippen LogP contribution in [-0.2, 0) is 11.2 Å². The summed E-state index contributed by atoms with van der Waals surface area (Å²) in [6, 6.07) is 0.292. The lowest BCUT2D eigenvalue weighted by Crippen LogP contribution is -2.36. The molecule has 1 heterocycles. The van der Waals surface area contributed by atoms with Crippen LogP contribution in [-0.4, -0.2) is 33.7 Å². The molecular weight excluding hydrogens is 230 g/mol. The van der Waals surface area contributed by atoms with Gasteiger partial charge in [-0.15, -0.1) is 0 Å². The van der Waals surface area contributed by atoms with Crippen LogP contribution in [0.5, 0.6) is 0 Å². The Kier molecular flexibility index (Phi) is 4.69. The second kappa shape index (κ2) is 6.49. The van der Waals surface area contributed by atoms with E-state index in [4.69, 9.17) is 5.73 Å². The van der Waals surface area contributed by atoms with Crippen molar-refractivity contribution in [2.75, 3.05) is 6.54 Å². The van der Waals surface area contributed by atoms with Crippen molar-refractivity contribution in [3.8, 4) is 0 Å². The average Bonchev–Trinajstić information content (AvgIpc) is 2.88. The summed E-state index contributed by atoms with van der Waals surface area (Å²) in [5.74, 6) is 1.21. The van der Waals surface area contributed by atoms with Gasteiger partial charge in [0, 0.05) is 24.9 Å². The number of hydrogen-bond acceptors (Lipinski definition) is 4. The minimum atomic E-state index is 0.162. The van der Waals surface area contributed by atoms with E-state index in [0.717, 1.165) is 44.3 Å². The number of carbonyl (C=O) groups is 1. The van der Waals surface area contributed by atoms with Crippen LogP contribution in [0.2, 0.25) is 0 Å².